The lowest BCUT2D eigenvalue weighted by Crippen LogP contribution is -2.15. The number of rotatable bonds is 33. The zero-order valence-corrected chi connectivity index (χ0v) is 24.6. The largest absolute Gasteiger partial charge is 0.491 e. The van der Waals surface area contributed by atoms with Crippen LogP contribution in [0.25, 0.3) is 0 Å². The molecule has 0 unspecified atom stereocenters. The maximum Gasteiger partial charge on any atom is 0.150 e. The fourth-order valence-electron chi connectivity index (χ4n) is 2.98. The SMILES string of the molecule is CCOCCOCCOCCOCCOCCOCCOCCOCCOCCOCCOc1ccc(C=O)cc1. The average Bonchev–Trinajstić information content (AvgIpc) is 3.00. The van der Waals surface area contributed by atoms with E-state index >= 15 is 0 Å². The third kappa shape index (κ3) is 26.9. The number of ether oxygens (including phenoxy) is 11. The molecule has 0 amide bonds. The molecule has 238 valence electrons. The van der Waals surface area contributed by atoms with Crippen LogP contribution in [0.1, 0.15) is 17.3 Å². The zero-order chi connectivity index (χ0) is 29.3. The number of aldehydes is 1. The van der Waals surface area contributed by atoms with Crippen LogP contribution < -0.4 is 4.74 Å². The summed E-state index contributed by atoms with van der Waals surface area (Å²) in [5.74, 6) is 0.706. The normalized spacial score (nSPS) is 11.2. The summed E-state index contributed by atoms with van der Waals surface area (Å²) >= 11 is 0. The molecule has 41 heavy (non-hydrogen) atoms. The van der Waals surface area contributed by atoms with Gasteiger partial charge < -0.3 is 52.1 Å². The highest BCUT2D eigenvalue weighted by Gasteiger charge is 1.97. The van der Waals surface area contributed by atoms with Crippen LogP contribution in [0.15, 0.2) is 24.3 Å². The molecular formula is C29H50O12. The number of carbonyl (C=O) groups excluding carboxylic acids is 1. The molecule has 0 aliphatic rings. The molecule has 12 heteroatoms. The van der Waals surface area contributed by atoms with E-state index < -0.39 is 0 Å². The predicted octanol–water partition coefficient (Wildman–Crippen LogP) is 2.06. The van der Waals surface area contributed by atoms with Crippen LogP contribution in [0.3, 0.4) is 0 Å². The summed E-state index contributed by atoms with van der Waals surface area (Å²) in [6.07, 6.45) is 0.798. The lowest BCUT2D eigenvalue weighted by Gasteiger charge is -2.09. The first-order valence-corrected chi connectivity index (χ1v) is 14.3. The molecule has 1 aromatic carbocycles. The van der Waals surface area contributed by atoms with Crippen molar-refractivity contribution in [1.29, 1.82) is 0 Å². The van der Waals surface area contributed by atoms with Crippen molar-refractivity contribution in [3.8, 4) is 5.75 Å². The first-order valence-electron chi connectivity index (χ1n) is 14.3. The Bertz CT molecular complexity index is 662. The van der Waals surface area contributed by atoms with E-state index in [0.717, 1.165) is 6.29 Å². The van der Waals surface area contributed by atoms with Gasteiger partial charge in [0.05, 0.1) is 126 Å². The molecule has 0 atom stereocenters. The highest BCUT2D eigenvalue weighted by Crippen LogP contribution is 2.10. The maximum atomic E-state index is 10.6. The number of benzene rings is 1. The summed E-state index contributed by atoms with van der Waals surface area (Å²) in [4.78, 5) is 10.6. The van der Waals surface area contributed by atoms with Gasteiger partial charge in [-0.2, -0.15) is 0 Å². The number of carbonyl (C=O) groups is 1. The Labute approximate surface area is 244 Å². The molecule has 0 saturated heterocycles. The second kappa shape index (κ2) is 31.2. The Morgan fingerprint density at radius 3 is 0.951 bits per heavy atom. The molecule has 0 aliphatic heterocycles. The van der Waals surface area contributed by atoms with E-state index in [2.05, 4.69) is 0 Å². The van der Waals surface area contributed by atoms with Crippen molar-refractivity contribution < 1.29 is 56.9 Å². The fourth-order valence-corrected chi connectivity index (χ4v) is 2.98. The van der Waals surface area contributed by atoms with Gasteiger partial charge in [-0.3, -0.25) is 4.79 Å². The van der Waals surface area contributed by atoms with Gasteiger partial charge in [-0.1, -0.05) is 0 Å². The summed E-state index contributed by atoms with van der Waals surface area (Å²) in [5.41, 5.74) is 0.619. The third-order valence-corrected chi connectivity index (χ3v) is 5.06. The lowest BCUT2D eigenvalue weighted by atomic mass is 10.2. The molecule has 12 nitrogen and oxygen atoms in total. The molecule has 1 rings (SSSR count). The molecule has 0 fully saturated rings. The summed E-state index contributed by atoms with van der Waals surface area (Å²) in [5, 5.41) is 0. The second-order valence-corrected chi connectivity index (χ2v) is 8.24. The molecule has 0 radical (unpaired) electrons. The van der Waals surface area contributed by atoms with Crippen LogP contribution >= 0.6 is 0 Å². The van der Waals surface area contributed by atoms with E-state index in [4.69, 9.17) is 52.1 Å². The smallest absolute Gasteiger partial charge is 0.150 e. The van der Waals surface area contributed by atoms with E-state index in [1.807, 2.05) is 6.92 Å². The standard InChI is InChI=1S/C29H50O12/c1-2-31-7-8-32-9-10-33-11-12-34-13-14-35-15-16-36-17-18-37-19-20-38-21-22-39-23-24-40-25-26-41-29-5-3-28(27-30)4-6-29/h3-6,27H,2,7-26H2,1H3. The van der Waals surface area contributed by atoms with Crippen molar-refractivity contribution in [3.63, 3.8) is 0 Å². The van der Waals surface area contributed by atoms with Gasteiger partial charge in [0, 0.05) is 12.2 Å². The Kier molecular flexibility index (Phi) is 28.4. The monoisotopic (exact) mass is 590 g/mol. The van der Waals surface area contributed by atoms with Gasteiger partial charge in [0.25, 0.3) is 0 Å². The first kappa shape index (κ1) is 37.3. The van der Waals surface area contributed by atoms with Crippen LogP contribution in [0, 0.1) is 0 Å². The lowest BCUT2D eigenvalue weighted by molar-refractivity contribution is -0.0265. The van der Waals surface area contributed by atoms with Crippen molar-refractivity contribution in [2.45, 2.75) is 6.92 Å². The van der Waals surface area contributed by atoms with Crippen LogP contribution in [-0.2, 0) is 47.4 Å². The van der Waals surface area contributed by atoms with E-state index in [-0.39, 0.29) is 0 Å². The minimum atomic E-state index is 0.433. The minimum absolute atomic E-state index is 0.433. The Morgan fingerprint density at radius 1 is 0.415 bits per heavy atom. The molecular weight excluding hydrogens is 540 g/mol. The molecule has 0 heterocycles. The van der Waals surface area contributed by atoms with Crippen molar-refractivity contribution >= 4 is 6.29 Å². The zero-order valence-electron chi connectivity index (χ0n) is 24.6. The van der Waals surface area contributed by atoms with Gasteiger partial charge in [0.2, 0.25) is 0 Å². The Hall–Kier alpha value is -1.71. The van der Waals surface area contributed by atoms with Gasteiger partial charge in [0.1, 0.15) is 18.6 Å². The topological polar surface area (TPSA) is 119 Å². The Balaban J connectivity index is 1.65. The van der Waals surface area contributed by atoms with Crippen molar-refractivity contribution in [2.24, 2.45) is 0 Å². The number of hydrogen-bond donors (Lipinski definition) is 0. The number of hydrogen-bond acceptors (Lipinski definition) is 12. The molecule has 0 N–H and O–H groups in total. The van der Waals surface area contributed by atoms with Crippen molar-refractivity contribution in [1.82, 2.24) is 0 Å². The fraction of sp³-hybridized carbons (Fsp3) is 0.759. The molecule has 0 bridgehead atoms. The van der Waals surface area contributed by atoms with Gasteiger partial charge in [-0.15, -0.1) is 0 Å². The summed E-state index contributed by atoms with van der Waals surface area (Å²) in [6, 6.07) is 6.94. The molecule has 0 saturated carbocycles. The maximum absolute atomic E-state index is 10.6. The van der Waals surface area contributed by atoms with Crippen LogP contribution in [0.4, 0.5) is 0 Å². The van der Waals surface area contributed by atoms with E-state index in [1.54, 1.807) is 24.3 Å². The van der Waals surface area contributed by atoms with E-state index in [1.165, 1.54) is 0 Å². The van der Waals surface area contributed by atoms with Crippen LogP contribution in [-0.4, -0.2) is 145 Å². The summed E-state index contributed by atoms with van der Waals surface area (Å²) in [6.45, 7) is 13.0. The minimum Gasteiger partial charge on any atom is -0.491 e. The average molecular weight is 591 g/mol. The van der Waals surface area contributed by atoms with E-state index in [0.29, 0.717) is 150 Å². The van der Waals surface area contributed by atoms with Gasteiger partial charge in [-0.25, -0.2) is 0 Å². The quantitative estimate of drug-likeness (QED) is 0.0881. The van der Waals surface area contributed by atoms with Gasteiger partial charge in [-0.05, 0) is 31.2 Å². The summed E-state index contributed by atoms with van der Waals surface area (Å²) in [7, 11) is 0. The third-order valence-electron chi connectivity index (χ3n) is 5.06. The van der Waals surface area contributed by atoms with Gasteiger partial charge >= 0.3 is 0 Å². The van der Waals surface area contributed by atoms with Crippen LogP contribution in [0.2, 0.25) is 0 Å². The van der Waals surface area contributed by atoms with Crippen LogP contribution in [0.5, 0.6) is 5.75 Å². The van der Waals surface area contributed by atoms with Crippen molar-refractivity contribution in [2.75, 3.05) is 139 Å². The highest BCUT2D eigenvalue weighted by molar-refractivity contribution is 5.74. The molecule has 0 aliphatic carbocycles. The Morgan fingerprint density at radius 2 is 0.683 bits per heavy atom. The molecule has 0 aromatic heterocycles. The van der Waals surface area contributed by atoms with Gasteiger partial charge in [0.15, 0.2) is 0 Å². The molecule has 1 aromatic rings. The second-order valence-electron chi connectivity index (χ2n) is 8.24. The highest BCUT2D eigenvalue weighted by atomic mass is 16.6. The summed E-state index contributed by atoms with van der Waals surface area (Å²) < 4.78 is 59.7. The predicted molar refractivity (Wildman–Crippen MR) is 151 cm³/mol. The first-order chi connectivity index (χ1) is 20.4. The molecule has 0 spiro atoms. The van der Waals surface area contributed by atoms with E-state index in [9.17, 15) is 4.79 Å². The van der Waals surface area contributed by atoms with Crippen molar-refractivity contribution in [3.05, 3.63) is 29.8 Å².